The molecule has 2 heteroatoms. The molecule has 1 heterocycles. The Morgan fingerprint density at radius 3 is 3.40 bits per heavy atom. The van der Waals surface area contributed by atoms with Gasteiger partial charge in [-0.25, -0.2) is 0 Å². The van der Waals surface area contributed by atoms with Gasteiger partial charge in [0.25, 0.3) is 0 Å². The number of allylic oxidation sites excluding steroid dienone is 2. The van der Waals surface area contributed by atoms with E-state index in [0.29, 0.717) is 10.4 Å². The second-order valence-corrected chi connectivity index (χ2v) is 4.19. The Morgan fingerprint density at radius 1 is 1.60 bits per heavy atom. The highest BCUT2D eigenvalue weighted by Gasteiger charge is 2.37. The number of carbonyl (C=O) groups excluding carboxylic acids is 1. The van der Waals surface area contributed by atoms with E-state index in [-0.39, 0.29) is 0 Å². The molecule has 0 radical (unpaired) electrons. The Labute approximate surface area is 64.9 Å². The molecule has 2 aliphatic rings. The average molecular weight is 154 g/mol. The van der Waals surface area contributed by atoms with Crippen LogP contribution in [-0.2, 0) is 4.79 Å². The summed E-state index contributed by atoms with van der Waals surface area (Å²) in [6.45, 7) is 0. The molecule has 0 aromatic heterocycles. The summed E-state index contributed by atoms with van der Waals surface area (Å²) < 4.78 is 0. The topological polar surface area (TPSA) is 17.1 Å². The van der Waals surface area contributed by atoms with Crippen molar-refractivity contribution in [3.05, 3.63) is 12.2 Å². The quantitative estimate of drug-likeness (QED) is 0.496. The molecule has 1 aliphatic heterocycles. The van der Waals surface area contributed by atoms with Crippen molar-refractivity contribution >= 4 is 16.9 Å². The molecule has 1 fully saturated rings. The smallest absolute Gasteiger partial charge is 0.189 e. The van der Waals surface area contributed by atoms with E-state index in [1.807, 2.05) is 0 Å². The first-order chi connectivity index (χ1) is 4.86. The lowest BCUT2D eigenvalue weighted by molar-refractivity contribution is -0.110. The fourth-order valence-corrected chi connectivity index (χ4v) is 2.38. The summed E-state index contributed by atoms with van der Waals surface area (Å²) in [5.74, 6) is 0.731. The Hall–Kier alpha value is -0.240. The maximum absolute atomic E-state index is 11.0. The van der Waals surface area contributed by atoms with Gasteiger partial charge in [-0.1, -0.05) is 23.9 Å². The normalized spacial score (nSPS) is 41.4. The summed E-state index contributed by atoms with van der Waals surface area (Å²) in [6, 6.07) is 0. The van der Waals surface area contributed by atoms with Gasteiger partial charge in [0, 0.05) is 11.7 Å². The zero-order valence-electron chi connectivity index (χ0n) is 5.75. The third kappa shape index (κ3) is 1.26. The first-order valence-corrected chi connectivity index (χ1v) is 4.60. The van der Waals surface area contributed by atoms with Crippen molar-refractivity contribution in [2.75, 3.05) is 0 Å². The Kier molecular flexibility index (Phi) is 1.57. The summed E-state index contributed by atoms with van der Waals surface area (Å²) in [6.07, 6.45) is 7.35. The van der Waals surface area contributed by atoms with Crippen molar-refractivity contribution in [3.63, 3.8) is 0 Å². The van der Waals surface area contributed by atoms with E-state index in [1.54, 1.807) is 11.8 Å². The van der Waals surface area contributed by atoms with Crippen molar-refractivity contribution in [3.8, 4) is 0 Å². The van der Waals surface area contributed by atoms with Gasteiger partial charge in [0.15, 0.2) is 5.12 Å². The van der Waals surface area contributed by atoms with Crippen LogP contribution in [-0.4, -0.2) is 10.4 Å². The van der Waals surface area contributed by atoms with Gasteiger partial charge in [0.2, 0.25) is 0 Å². The molecule has 1 nitrogen and oxygen atoms in total. The van der Waals surface area contributed by atoms with Gasteiger partial charge in [-0.15, -0.1) is 0 Å². The van der Waals surface area contributed by atoms with Crippen LogP contribution in [0.3, 0.4) is 0 Å². The van der Waals surface area contributed by atoms with Crippen LogP contribution in [0.5, 0.6) is 0 Å². The molecule has 2 atom stereocenters. The molecule has 0 aromatic rings. The van der Waals surface area contributed by atoms with E-state index in [1.165, 1.54) is 6.42 Å². The highest BCUT2D eigenvalue weighted by atomic mass is 32.2. The Balaban J connectivity index is 2.03. The minimum absolute atomic E-state index is 0.386. The summed E-state index contributed by atoms with van der Waals surface area (Å²) >= 11 is 1.56. The average Bonchev–Trinajstić information content (AvgIpc) is 2.54. The lowest BCUT2D eigenvalue weighted by Crippen LogP contribution is -1.95. The molecule has 2 unspecified atom stereocenters. The van der Waals surface area contributed by atoms with Crippen LogP contribution in [0.25, 0.3) is 0 Å². The predicted molar refractivity (Wildman–Crippen MR) is 42.9 cm³/mol. The molecular formula is C8H10OS. The molecule has 0 saturated heterocycles. The third-order valence-electron chi connectivity index (χ3n) is 1.96. The largest absolute Gasteiger partial charge is 0.287 e. The number of carbonyl (C=O) groups is 1. The summed E-state index contributed by atoms with van der Waals surface area (Å²) in [7, 11) is 0. The van der Waals surface area contributed by atoms with Gasteiger partial charge in [-0.05, 0) is 18.8 Å². The third-order valence-corrected chi connectivity index (χ3v) is 3.27. The number of thioether (sulfide) groups is 1. The van der Waals surface area contributed by atoms with Crippen LogP contribution in [0.2, 0.25) is 0 Å². The summed E-state index contributed by atoms with van der Waals surface area (Å²) in [5, 5.41) is 1.03. The first kappa shape index (κ1) is 6.47. The highest BCUT2D eigenvalue weighted by Crippen LogP contribution is 2.44. The standard InChI is InChI=1S/C8H10OS/c9-8-4-2-1-3-6-5-7(6)10-8/h1,3,6-7H,2,4-5H2/b3-1-. The minimum Gasteiger partial charge on any atom is -0.287 e. The molecule has 10 heavy (non-hydrogen) atoms. The van der Waals surface area contributed by atoms with E-state index in [0.717, 1.165) is 18.8 Å². The fraction of sp³-hybridized carbons (Fsp3) is 0.625. The second kappa shape index (κ2) is 2.42. The number of hydrogen-bond acceptors (Lipinski definition) is 2. The highest BCUT2D eigenvalue weighted by molar-refractivity contribution is 8.14. The van der Waals surface area contributed by atoms with Gasteiger partial charge >= 0.3 is 0 Å². The van der Waals surface area contributed by atoms with Crippen LogP contribution in [0, 0.1) is 5.92 Å². The maximum Gasteiger partial charge on any atom is 0.189 e. The second-order valence-electron chi connectivity index (χ2n) is 2.89. The zero-order valence-corrected chi connectivity index (χ0v) is 6.56. The van der Waals surface area contributed by atoms with E-state index < -0.39 is 0 Å². The molecular weight excluding hydrogens is 144 g/mol. The molecule has 1 aliphatic carbocycles. The van der Waals surface area contributed by atoms with Crippen molar-refractivity contribution in [2.24, 2.45) is 5.92 Å². The van der Waals surface area contributed by atoms with Crippen molar-refractivity contribution in [1.82, 2.24) is 0 Å². The first-order valence-electron chi connectivity index (χ1n) is 3.72. The lowest BCUT2D eigenvalue weighted by Gasteiger charge is -1.99. The van der Waals surface area contributed by atoms with Gasteiger partial charge in [-0.3, -0.25) is 4.79 Å². The van der Waals surface area contributed by atoms with Crippen LogP contribution < -0.4 is 0 Å². The van der Waals surface area contributed by atoms with Crippen molar-refractivity contribution in [1.29, 1.82) is 0 Å². The van der Waals surface area contributed by atoms with Crippen molar-refractivity contribution in [2.45, 2.75) is 24.5 Å². The van der Waals surface area contributed by atoms with E-state index in [9.17, 15) is 4.79 Å². The van der Waals surface area contributed by atoms with Crippen LogP contribution in [0.15, 0.2) is 12.2 Å². The molecule has 1 saturated carbocycles. The molecule has 0 N–H and O–H groups in total. The molecule has 54 valence electrons. The molecule has 0 spiro atoms. The maximum atomic E-state index is 11.0. The zero-order chi connectivity index (χ0) is 6.97. The molecule has 0 aromatic carbocycles. The van der Waals surface area contributed by atoms with E-state index in [4.69, 9.17) is 0 Å². The minimum atomic E-state index is 0.386. The van der Waals surface area contributed by atoms with Gasteiger partial charge in [0.1, 0.15) is 0 Å². The van der Waals surface area contributed by atoms with Crippen LogP contribution >= 0.6 is 11.8 Å². The SMILES string of the molecule is O=C1CC/C=C\C2CC2S1. The summed E-state index contributed by atoms with van der Waals surface area (Å²) in [4.78, 5) is 11.0. The Morgan fingerprint density at radius 2 is 2.50 bits per heavy atom. The number of hydrogen-bond donors (Lipinski definition) is 0. The molecule has 0 amide bonds. The number of fused-ring (bicyclic) bond motifs is 1. The lowest BCUT2D eigenvalue weighted by atomic mass is 10.2. The monoisotopic (exact) mass is 154 g/mol. The van der Waals surface area contributed by atoms with Crippen LogP contribution in [0.4, 0.5) is 0 Å². The van der Waals surface area contributed by atoms with Crippen molar-refractivity contribution < 1.29 is 4.79 Å². The number of rotatable bonds is 0. The Bertz CT molecular complexity index is 186. The van der Waals surface area contributed by atoms with Gasteiger partial charge in [0.05, 0.1) is 0 Å². The van der Waals surface area contributed by atoms with E-state index >= 15 is 0 Å². The fourth-order valence-electron chi connectivity index (χ4n) is 1.23. The predicted octanol–water partition coefficient (Wildman–Crippen LogP) is 1.98. The molecule has 0 bridgehead atoms. The summed E-state index contributed by atoms with van der Waals surface area (Å²) in [5.41, 5.74) is 0. The molecule has 2 rings (SSSR count). The van der Waals surface area contributed by atoms with Gasteiger partial charge < -0.3 is 0 Å². The van der Waals surface area contributed by atoms with Gasteiger partial charge in [-0.2, -0.15) is 0 Å². The van der Waals surface area contributed by atoms with E-state index in [2.05, 4.69) is 12.2 Å². The van der Waals surface area contributed by atoms with Crippen LogP contribution in [0.1, 0.15) is 19.3 Å².